The van der Waals surface area contributed by atoms with Crippen molar-refractivity contribution in [2.45, 2.75) is 24.9 Å². The highest BCUT2D eigenvalue weighted by Gasteiger charge is 2.33. The summed E-state index contributed by atoms with van der Waals surface area (Å²) in [4.78, 5) is 25.8. The Morgan fingerprint density at radius 2 is 1.92 bits per heavy atom. The van der Waals surface area contributed by atoms with Crippen LogP contribution in [0.25, 0.3) is 16.6 Å². The summed E-state index contributed by atoms with van der Waals surface area (Å²) in [6.07, 6.45) is -3.07. The van der Waals surface area contributed by atoms with E-state index >= 15 is 0 Å². The van der Waals surface area contributed by atoms with E-state index in [9.17, 15) is 22.9 Å². The molecular formula is C16H14F3N5O2. The third kappa shape index (κ3) is 2.66. The van der Waals surface area contributed by atoms with Gasteiger partial charge in [0.25, 0.3) is 5.56 Å². The molecule has 1 aromatic carbocycles. The molecular weight excluding hydrogens is 351 g/mol. The minimum absolute atomic E-state index is 0.0357. The van der Waals surface area contributed by atoms with Gasteiger partial charge in [0.05, 0.1) is 22.2 Å². The molecule has 2 N–H and O–H groups in total. The smallest absolute Gasteiger partial charge is 0.317 e. The average Bonchev–Trinajstić information content (AvgIpc) is 2.98. The Morgan fingerprint density at radius 1 is 1.19 bits per heavy atom. The van der Waals surface area contributed by atoms with Gasteiger partial charge in [-0.25, -0.2) is 4.52 Å². The number of piperidine rings is 1. The lowest BCUT2D eigenvalue weighted by molar-refractivity contribution is -0.137. The molecule has 0 amide bonds. The van der Waals surface area contributed by atoms with Crippen molar-refractivity contribution in [3.63, 3.8) is 0 Å². The molecule has 1 saturated heterocycles. The number of rotatable bonds is 2. The van der Waals surface area contributed by atoms with Gasteiger partial charge < -0.3 is 10.3 Å². The number of halogens is 3. The Balaban J connectivity index is 2.04. The van der Waals surface area contributed by atoms with Crippen molar-refractivity contribution in [1.82, 2.24) is 19.9 Å². The first-order valence-corrected chi connectivity index (χ1v) is 8.09. The Kier molecular flexibility index (Phi) is 3.79. The molecule has 1 aliphatic rings. The number of nitroso groups, excluding NO2 is 1. The van der Waals surface area contributed by atoms with Crippen molar-refractivity contribution in [2.75, 3.05) is 13.1 Å². The molecule has 0 unspecified atom stereocenters. The number of aromatic amines is 1. The first-order chi connectivity index (χ1) is 12.4. The van der Waals surface area contributed by atoms with Crippen LogP contribution in [0.4, 0.5) is 18.9 Å². The minimum Gasteiger partial charge on any atom is -0.317 e. The molecule has 0 atom stereocenters. The van der Waals surface area contributed by atoms with Crippen LogP contribution in [0.15, 0.2) is 28.2 Å². The lowest BCUT2D eigenvalue weighted by Crippen LogP contribution is -2.28. The summed E-state index contributed by atoms with van der Waals surface area (Å²) >= 11 is 0. The number of benzene rings is 1. The molecule has 7 nitrogen and oxygen atoms in total. The van der Waals surface area contributed by atoms with Gasteiger partial charge in [0.2, 0.25) is 0 Å². The van der Waals surface area contributed by atoms with Crippen LogP contribution in [0.5, 0.6) is 0 Å². The van der Waals surface area contributed by atoms with Gasteiger partial charge >= 0.3 is 6.18 Å². The molecule has 4 rings (SSSR count). The number of hydrogen-bond acceptors (Lipinski definition) is 5. The van der Waals surface area contributed by atoms with Crippen LogP contribution in [-0.2, 0) is 6.18 Å². The number of H-pyrrole nitrogens is 1. The number of alkyl halides is 3. The summed E-state index contributed by atoms with van der Waals surface area (Å²) in [6, 6.07) is 2.95. The van der Waals surface area contributed by atoms with Crippen LogP contribution < -0.4 is 10.9 Å². The zero-order chi connectivity index (χ0) is 18.5. The standard InChI is InChI=1S/C16H14F3N5O2/c17-16(18,19)9-5-10-14(11(6-9)23-26)15-21-13(25)7-12(24(15)22-10)8-1-3-20-4-2-8/h5-8,20H,1-4H2,(H,21,25). The molecule has 1 fully saturated rings. The molecule has 0 bridgehead atoms. The highest BCUT2D eigenvalue weighted by atomic mass is 19.4. The molecule has 2 aromatic heterocycles. The fourth-order valence-corrected chi connectivity index (χ4v) is 3.49. The van der Waals surface area contributed by atoms with Crippen LogP contribution in [0.3, 0.4) is 0 Å². The van der Waals surface area contributed by atoms with Crippen molar-refractivity contribution >= 4 is 22.2 Å². The summed E-state index contributed by atoms with van der Waals surface area (Å²) in [5.74, 6) is 0.0464. The maximum Gasteiger partial charge on any atom is 0.416 e. The highest BCUT2D eigenvalue weighted by Crippen LogP contribution is 2.38. The van der Waals surface area contributed by atoms with E-state index < -0.39 is 23.0 Å². The van der Waals surface area contributed by atoms with Gasteiger partial charge in [-0.15, -0.1) is 4.91 Å². The number of nitrogens with zero attached hydrogens (tertiary/aromatic N) is 3. The van der Waals surface area contributed by atoms with Crippen molar-refractivity contribution in [2.24, 2.45) is 5.18 Å². The van der Waals surface area contributed by atoms with E-state index in [1.807, 2.05) is 0 Å². The van der Waals surface area contributed by atoms with Gasteiger partial charge in [0.1, 0.15) is 11.3 Å². The average molecular weight is 365 g/mol. The molecule has 3 heterocycles. The second-order valence-electron chi connectivity index (χ2n) is 6.32. The molecule has 10 heteroatoms. The summed E-state index contributed by atoms with van der Waals surface area (Å²) < 4.78 is 40.7. The highest BCUT2D eigenvalue weighted by molar-refractivity contribution is 6.01. The first-order valence-electron chi connectivity index (χ1n) is 8.09. The summed E-state index contributed by atoms with van der Waals surface area (Å²) in [5.41, 5.74) is -1.04. The van der Waals surface area contributed by atoms with E-state index in [0.29, 0.717) is 11.8 Å². The summed E-state index contributed by atoms with van der Waals surface area (Å²) in [5, 5.41) is 10.3. The maximum absolute atomic E-state index is 13.1. The van der Waals surface area contributed by atoms with Crippen molar-refractivity contribution < 1.29 is 13.2 Å². The topological polar surface area (TPSA) is 91.6 Å². The quantitative estimate of drug-likeness (QED) is 0.683. The maximum atomic E-state index is 13.1. The number of fused-ring (bicyclic) bond motifs is 3. The third-order valence-electron chi connectivity index (χ3n) is 4.70. The Bertz CT molecular complexity index is 1060. The first kappa shape index (κ1) is 16.7. The minimum atomic E-state index is -4.63. The predicted molar refractivity (Wildman–Crippen MR) is 88.6 cm³/mol. The third-order valence-corrected chi connectivity index (χ3v) is 4.70. The van der Waals surface area contributed by atoms with Gasteiger partial charge in [0.15, 0.2) is 0 Å². The largest absolute Gasteiger partial charge is 0.416 e. The van der Waals surface area contributed by atoms with Crippen LogP contribution in [0.1, 0.15) is 30.0 Å². The van der Waals surface area contributed by atoms with Crippen LogP contribution in [0.2, 0.25) is 0 Å². The summed E-state index contributed by atoms with van der Waals surface area (Å²) in [6.45, 7) is 1.55. The molecule has 0 radical (unpaired) electrons. The number of hydrogen-bond donors (Lipinski definition) is 2. The fraction of sp³-hybridized carbons (Fsp3) is 0.375. The van der Waals surface area contributed by atoms with E-state index in [-0.39, 0.29) is 22.5 Å². The summed E-state index contributed by atoms with van der Waals surface area (Å²) in [7, 11) is 0. The fourth-order valence-electron chi connectivity index (χ4n) is 3.49. The zero-order valence-electron chi connectivity index (χ0n) is 13.4. The lowest BCUT2D eigenvalue weighted by Gasteiger charge is -2.23. The molecule has 136 valence electrons. The van der Waals surface area contributed by atoms with Gasteiger partial charge in [0, 0.05) is 12.0 Å². The lowest BCUT2D eigenvalue weighted by atomic mass is 9.94. The van der Waals surface area contributed by atoms with Crippen LogP contribution >= 0.6 is 0 Å². The molecule has 1 aliphatic heterocycles. The van der Waals surface area contributed by atoms with Gasteiger partial charge in [-0.1, -0.05) is 0 Å². The molecule has 26 heavy (non-hydrogen) atoms. The monoisotopic (exact) mass is 365 g/mol. The number of aromatic nitrogens is 3. The molecule has 0 aliphatic carbocycles. The normalized spacial score (nSPS) is 16.4. The van der Waals surface area contributed by atoms with Crippen molar-refractivity contribution in [3.8, 4) is 0 Å². The van der Waals surface area contributed by atoms with Gasteiger partial charge in [-0.05, 0) is 43.2 Å². The van der Waals surface area contributed by atoms with Gasteiger partial charge in [-0.2, -0.15) is 18.3 Å². The Hall–Kier alpha value is -2.75. The van der Waals surface area contributed by atoms with Crippen molar-refractivity contribution in [1.29, 1.82) is 0 Å². The zero-order valence-corrected chi connectivity index (χ0v) is 13.4. The Morgan fingerprint density at radius 3 is 2.58 bits per heavy atom. The SMILES string of the molecule is O=Nc1cc(C(F)(F)F)cc2nn3c(C4CCNCC4)cc(=O)[nH]c3c12. The second kappa shape index (κ2) is 5.90. The molecule has 0 saturated carbocycles. The second-order valence-corrected chi connectivity index (χ2v) is 6.32. The van der Waals surface area contributed by atoms with E-state index in [2.05, 4.69) is 20.6 Å². The molecule has 3 aromatic rings. The van der Waals surface area contributed by atoms with E-state index in [1.54, 1.807) is 0 Å². The van der Waals surface area contributed by atoms with Crippen LogP contribution in [0, 0.1) is 4.91 Å². The Labute approximate surface area is 144 Å². The van der Waals surface area contributed by atoms with E-state index in [0.717, 1.165) is 32.0 Å². The molecule has 0 spiro atoms. The van der Waals surface area contributed by atoms with Gasteiger partial charge in [-0.3, -0.25) is 4.79 Å². The predicted octanol–water partition coefficient (Wildman–Crippen LogP) is 3.06. The van der Waals surface area contributed by atoms with Crippen LogP contribution in [-0.4, -0.2) is 27.7 Å². The van der Waals surface area contributed by atoms with E-state index in [1.165, 1.54) is 10.6 Å². The van der Waals surface area contributed by atoms with Crippen molar-refractivity contribution in [3.05, 3.63) is 44.7 Å². The number of nitrogens with one attached hydrogen (secondary N) is 2. The van der Waals surface area contributed by atoms with E-state index in [4.69, 9.17) is 0 Å².